The second kappa shape index (κ2) is 7.64. The van der Waals surface area contributed by atoms with Gasteiger partial charge in [-0.15, -0.1) is 11.3 Å². The minimum Gasteiger partial charge on any atom is -0.478 e. The van der Waals surface area contributed by atoms with Gasteiger partial charge in [-0.25, -0.2) is 9.78 Å². The molecule has 0 bridgehead atoms. The molecule has 5 nitrogen and oxygen atoms in total. The molecule has 25 heavy (non-hydrogen) atoms. The van der Waals surface area contributed by atoms with Crippen LogP contribution in [0.5, 0.6) is 0 Å². The number of nitrogens with one attached hydrogen (secondary N) is 1. The second-order valence-corrected chi connectivity index (χ2v) is 6.17. The number of aromatic carboxylic acids is 1. The molecule has 2 aromatic rings. The van der Waals surface area contributed by atoms with E-state index in [1.165, 1.54) is 18.2 Å². The molecule has 0 aliphatic carbocycles. The molecular weight excluding hydrogens is 357 g/mol. The first-order valence-corrected chi connectivity index (χ1v) is 8.23. The summed E-state index contributed by atoms with van der Waals surface area (Å²) in [5.41, 5.74) is -0.413. The Hall–Kier alpha value is -2.42. The lowest BCUT2D eigenvalue weighted by molar-refractivity contribution is -0.140. The van der Waals surface area contributed by atoms with Crippen molar-refractivity contribution < 1.29 is 27.9 Å². The number of benzene rings is 1. The van der Waals surface area contributed by atoms with Gasteiger partial charge in [0, 0.05) is 5.38 Å². The Balaban J connectivity index is 2.06. The van der Waals surface area contributed by atoms with E-state index >= 15 is 0 Å². The highest BCUT2D eigenvalue weighted by molar-refractivity contribution is 7.09. The van der Waals surface area contributed by atoms with Crippen molar-refractivity contribution in [2.75, 3.05) is 0 Å². The molecule has 1 aromatic carbocycles. The fraction of sp³-hybridized carbons (Fsp3) is 0.312. The Labute approximate surface area is 145 Å². The van der Waals surface area contributed by atoms with Crippen molar-refractivity contribution in [2.24, 2.45) is 0 Å². The molecular formula is C16H15F3N2O3S. The predicted octanol–water partition coefficient (Wildman–Crippen LogP) is 3.67. The average molecular weight is 372 g/mol. The van der Waals surface area contributed by atoms with Gasteiger partial charge in [-0.05, 0) is 24.1 Å². The van der Waals surface area contributed by atoms with Gasteiger partial charge in [0.1, 0.15) is 5.01 Å². The molecule has 1 atom stereocenters. The van der Waals surface area contributed by atoms with Crippen LogP contribution in [-0.4, -0.2) is 22.0 Å². The highest BCUT2D eigenvalue weighted by Crippen LogP contribution is 2.32. The molecule has 2 rings (SSSR count). The van der Waals surface area contributed by atoms with E-state index in [1.54, 1.807) is 13.0 Å². The number of nitrogens with zero attached hydrogens (tertiary/aromatic N) is 1. The van der Waals surface area contributed by atoms with Crippen LogP contribution >= 0.6 is 11.3 Å². The maximum atomic E-state index is 12.6. The lowest BCUT2D eigenvalue weighted by atomic mass is 10.1. The third-order valence-corrected chi connectivity index (χ3v) is 4.35. The maximum Gasteiger partial charge on any atom is 0.434 e. The number of thiazole rings is 1. The van der Waals surface area contributed by atoms with Gasteiger partial charge in [0.2, 0.25) is 5.91 Å². The first kappa shape index (κ1) is 18.9. The zero-order valence-corrected chi connectivity index (χ0v) is 13.9. The monoisotopic (exact) mass is 372 g/mol. The van der Waals surface area contributed by atoms with Crippen LogP contribution in [0.2, 0.25) is 0 Å². The van der Waals surface area contributed by atoms with Crippen LogP contribution in [0, 0.1) is 0 Å². The number of carboxylic acid groups (broad SMARTS) is 1. The summed E-state index contributed by atoms with van der Waals surface area (Å²) in [6.45, 7) is 1.73. The lowest BCUT2D eigenvalue weighted by Gasteiger charge is -2.14. The van der Waals surface area contributed by atoms with E-state index in [1.807, 2.05) is 0 Å². The van der Waals surface area contributed by atoms with Crippen LogP contribution in [0.4, 0.5) is 13.2 Å². The number of rotatable bonds is 6. The summed E-state index contributed by atoms with van der Waals surface area (Å²) in [7, 11) is 0. The molecule has 1 unspecified atom stereocenters. The number of carbonyl (C=O) groups is 2. The van der Waals surface area contributed by atoms with E-state index in [2.05, 4.69) is 10.3 Å². The third kappa shape index (κ3) is 5.02. The Morgan fingerprint density at radius 1 is 1.36 bits per heavy atom. The van der Waals surface area contributed by atoms with Gasteiger partial charge in [0.15, 0.2) is 5.69 Å². The number of amides is 1. The fourth-order valence-corrected chi connectivity index (χ4v) is 3.12. The minimum absolute atomic E-state index is 0.0621. The third-order valence-electron chi connectivity index (χ3n) is 3.39. The average Bonchev–Trinajstić information content (AvgIpc) is 3.03. The maximum absolute atomic E-state index is 12.6. The molecule has 2 N–H and O–H groups in total. The molecule has 0 aliphatic rings. The lowest BCUT2D eigenvalue weighted by Crippen LogP contribution is -2.29. The Bertz CT molecular complexity index is 774. The molecule has 1 aromatic heterocycles. The van der Waals surface area contributed by atoms with Crippen molar-refractivity contribution in [3.63, 3.8) is 0 Å². The fourth-order valence-electron chi connectivity index (χ4n) is 2.16. The smallest absolute Gasteiger partial charge is 0.434 e. The van der Waals surface area contributed by atoms with Gasteiger partial charge in [-0.2, -0.15) is 13.2 Å². The summed E-state index contributed by atoms with van der Waals surface area (Å²) in [5, 5.41) is 12.7. The molecule has 134 valence electrons. The Kier molecular flexibility index (Phi) is 5.78. The zero-order chi connectivity index (χ0) is 18.6. The predicted molar refractivity (Wildman–Crippen MR) is 85.4 cm³/mol. The topological polar surface area (TPSA) is 79.3 Å². The standard InChI is InChI=1S/C16H15F3N2O3S/c1-2-11(14-21-12(8-25-14)16(17,18)19)20-13(22)7-9-4-3-5-10(6-9)15(23)24/h3-6,8,11H,2,7H2,1H3,(H,20,22)(H,23,24). The van der Waals surface area contributed by atoms with E-state index < -0.39 is 29.8 Å². The van der Waals surface area contributed by atoms with Gasteiger partial charge >= 0.3 is 12.1 Å². The number of hydrogen-bond acceptors (Lipinski definition) is 4. The molecule has 0 aliphatic heterocycles. The quantitative estimate of drug-likeness (QED) is 0.811. The van der Waals surface area contributed by atoms with Gasteiger partial charge in [0.05, 0.1) is 18.0 Å². The van der Waals surface area contributed by atoms with Crippen LogP contribution < -0.4 is 5.32 Å². The van der Waals surface area contributed by atoms with Gasteiger partial charge in [-0.3, -0.25) is 4.79 Å². The summed E-state index contributed by atoms with van der Waals surface area (Å²) in [6.07, 6.45) is -4.21. The van der Waals surface area contributed by atoms with E-state index in [-0.39, 0.29) is 17.0 Å². The molecule has 1 heterocycles. The number of alkyl halides is 3. The van der Waals surface area contributed by atoms with Crippen LogP contribution in [0.1, 0.15) is 46.0 Å². The normalized spacial score (nSPS) is 12.6. The van der Waals surface area contributed by atoms with Crippen molar-refractivity contribution in [1.82, 2.24) is 10.3 Å². The molecule has 9 heteroatoms. The highest BCUT2D eigenvalue weighted by Gasteiger charge is 2.34. The summed E-state index contributed by atoms with van der Waals surface area (Å²) in [6, 6.07) is 5.30. The number of carboxylic acids is 1. The molecule has 0 spiro atoms. The van der Waals surface area contributed by atoms with Crippen molar-refractivity contribution in [3.8, 4) is 0 Å². The van der Waals surface area contributed by atoms with Crippen LogP contribution in [0.25, 0.3) is 0 Å². The van der Waals surface area contributed by atoms with Crippen LogP contribution in [-0.2, 0) is 17.4 Å². The number of halogens is 3. The number of hydrogen-bond donors (Lipinski definition) is 2. The van der Waals surface area contributed by atoms with Crippen molar-refractivity contribution in [2.45, 2.75) is 32.0 Å². The van der Waals surface area contributed by atoms with E-state index in [9.17, 15) is 22.8 Å². The van der Waals surface area contributed by atoms with Gasteiger partial charge in [0.25, 0.3) is 0 Å². The number of aromatic nitrogens is 1. The summed E-state index contributed by atoms with van der Waals surface area (Å²) < 4.78 is 37.9. The van der Waals surface area contributed by atoms with Crippen LogP contribution in [0.15, 0.2) is 29.6 Å². The summed E-state index contributed by atoms with van der Waals surface area (Å²) in [5.74, 6) is -1.52. The molecule has 1 amide bonds. The van der Waals surface area contributed by atoms with Gasteiger partial charge in [-0.1, -0.05) is 19.1 Å². The molecule has 0 saturated heterocycles. The highest BCUT2D eigenvalue weighted by atomic mass is 32.1. The van der Waals surface area contributed by atoms with Crippen molar-refractivity contribution in [3.05, 3.63) is 51.5 Å². The second-order valence-electron chi connectivity index (χ2n) is 5.28. The minimum atomic E-state index is -4.52. The first-order valence-electron chi connectivity index (χ1n) is 7.35. The summed E-state index contributed by atoms with van der Waals surface area (Å²) in [4.78, 5) is 26.6. The molecule has 0 fully saturated rings. The molecule has 0 radical (unpaired) electrons. The van der Waals surface area contributed by atoms with Crippen LogP contribution in [0.3, 0.4) is 0 Å². The zero-order valence-electron chi connectivity index (χ0n) is 13.1. The van der Waals surface area contributed by atoms with E-state index in [0.29, 0.717) is 12.0 Å². The largest absolute Gasteiger partial charge is 0.478 e. The van der Waals surface area contributed by atoms with Crippen molar-refractivity contribution >= 4 is 23.2 Å². The first-order chi connectivity index (χ1) is 11.7. The molecule has 0 saturated carbocycles. The Morgan fingerprint density at radius 3 is 2.64 bits per heavy atom. The SMILES string of the molecule is CCC(NC(=O)Cc1cccc(C(=O)O)c1)c1nc(C(F)(F)F)cs1. The number of carbonyl (C=O) groups excluding carboxylic acids is 1. The Morgan fingerprint density at radius 2 is 2.08 bits per heavy atom. The summed E-state index contributed by atoms with van der Waals surface area (Å²) >= 11 is 0.840. The van der Waals surface area contributed by atoms with Gasteiger partial charge < -0.3 is 10.4 Å². The van der Waals surface area contributed by atoms with E-state index in [4.69, 9.17) is 5.11 Å². The van der Waals surface area contributed by atoms with E-state index in [0.717, 1.165) is 16.7 Å². The van der Waals surface area contributed by atoms with Crippen molar-refractivity contribution in [1.29, 1.82) is 0 Å².